The van der Waals surface area contributed by atoms with E-state index < -0.39 is 18.6 Å². The van der Waals surface area contributed by atoms with Gasteiger partial charge in [-0.05, 0) is 23.3 Å². The van der Waals surface area contributed by atoms with Crippen molar-refractivity contribution in [3.8, 4) is 11.1 Å². The molecule has 2 N–H and O–H groups in total. The Bertz CT molecular complexity index is 746. The minimum atomic E-state index is -2.79. The number of aromatic nitrogens is 2. The van der Waals surface area contributed by atoms with Gasteiger partial charge < -0.3 is 10.2 Å². The predicted octanol–water partition coefficient (Wildman–Crippen LogP) is 3.66. The molecule has 0 aliphatic heterocycles. The summed E-state index contributed by atoms with van der Waals surface area (Å²) in [5.74, 6) is -1.22. The monoisotopic (exact) mass is 342 g/mol. The lowest BCUT2D eigenvalue weighted by atomic mass is 9.95. The zero-order chi connectivity index (χ0) is 17.1. The number of alkyl halides is 2. The van der Waals surface area contributed by atoms with Gasteiger partial charge in [0, 0.05) is 28.8 Å². The molecule has 5 nitrogen and oxygen atoms in total. The Labute approximate surface area is 135 Å². The van der Waals surface area contributed by atoms with Gasteiger partial charge in [0.25, 0.3) is 0 Å². The summed E-state index contributed by atoms with van der Waals surface area (Å²) in [6.45, 7) is 0.577. The number of aliphatic hydroxyl groups is 1. The van der Waals surface area contributed by atoms with Gasteiger partial charge in [-0.1, -0.05) is 24.2 Å². The van der Waals surface area contributed by atoms with E-state index >= 15 is 0 Å². The molecular weight excluding hydrogens is 330 g/mol. The molecule has 8 heteroatoms. The van der Waals surface area contributed by atoms with Crippen molar-refractivity contribution in [3.05, 3.63) is 53.3 Å². The average molecular weight is 343 g/mol. The van der Waals surface area contributed by atoms with Crippen LogP contribution >= 0.6 is 11.6 Å². The highest BCUT2D eigenvalue weighted by Gasteiger charge is 2.19. The Morgan fingerprint density at radius 2 is 2.13 bits per heavy atom. The molecule has 1 atom stereocenters. The second-order valence-electron chi connectivity index (χ2n) is 4.85. The van der Waals surface area contributed by atoms with E-state index in [0.29, 0.717) is 26.4 Å². The summed E-state index contributed by atoms with van der Waals surface area (Å²) >= 11 is 5.93. The van der Waals surface area contributed by atoms with Gasteiger partial charge in [0.15, 0.2) is 0 Å². The first kappa shape index (κ1) is 17.1. The number of aliphatic hydroxyl groups excluding tert-OH is 1. The van der Waals surface area contributed by atoms with E-state index in [-0.39, 0.29) is 12.0 Å². The Morgan fingerprint density at radius 3 is 2.70 bits per heavy atom. The van der Waals surface area contributed by atoms with Crippen LogP contribution in [0.3, 0.4) is 0 Å². The van der Waals surface area contributed by atoms with Gasteiger partial charge in [-0.15, -0.1) is 0 Å². The lowest BCUT2D eigenvalue weighted by Gasteiger charge is -2.15. The van der Waals surface area contributed by atoms with Crippen molar-refractivity contribution in [3.63, 3.8) is 0 Å². The molecule has 0 spiro atoms. The van der Waals surface area contributed by atoms with Crippen LogP contribution in [0.2, 0.25) is 5.02 Å². The molecule has 23 heavy (non-hydrogen) atoms. The maximum absolute atomic E-state index is 12.6. The summed E-state index contributed by atoms with van der Waals surface area (Å²) in [7, 11) is 0. The summed E-state index contributed by atoms with van der Waals surface area (Å²) in [6.07, 6.45) is 0.978. The van der Waals surface area contributed by atoms with Crippen molar-refractivity contribution < 1.29 is 23.8 Å². The number of nitrogens with zero attached hydrogens (tertiary/aromatic N) is 2. The lowest BCUT2D eigenvalue weighted by Crippen LogP contribution is -2.06. The summed E-state index contributed by atoms with van der Waals surface area (Å²) in [5.41, 5.74) is 0.921. The van der Waals surface area contributed by atoms with Crippen molar-refractivity contribution in [1.29, 1.82) is 0 Å². The fourth-order valence-corrected chi connectivity index (χ4v) is 2.26. The van der Waals surface area contributed by atoms with Gasteiger partial charge in [0.2, 0.25) is 0 Å². The van der Waals surface area contributed by atoms with E-state index in [1.54, 1.807) is 0 Å². The SMILES string of the molecule is C=C(CC(O)c1ccc(Cl)cc1-c1cnn(C(F)F)c1)C(=O)O. The highest BCUT2D eigenvalue weighted by Crippen LogP contribution is 2.33. The molecule has 1 aromatic carbocycles. The molecule has 0 saturated heterocycles. The number of rotatable bonds is 6. The minimum absolute atomic E-state index is 0.165. The maximum atomic E-state index is 12.6. The Balaban J connectivity index is 2.40. The molecule has 0 aliphatic rings. The van der Waals surface area contributed by atoms with Crippen LogP contribution < -0.4 is 0 Å². The standard InChI is InChI=1S/C15H13ClF2N2O3/c1-8(14(22)23)4-13(21)11-3-2-10(16)5-12(11)9-6-19-20(7-9)15(17)18/h2-3,5-7,13,15,21H,1,4H2,(H,22,23). The number of hydrogen-bond donors (Lipinski definition) is 2. The Hall–Kier alpha value is -2.25. The van der Waals surface area contributed by atoms with Crippen LogP contribution in [0.5, 0.6) is 0 Å². The topological polar surface area (TPSA) is 75.4 Å². The molecule has 0 amide bonds. The molecule has 0 fully saturated rings. The van der Waals surface area contributed by atoms with Gasteiger partial charge in [-0.3, -0.25) is 0 Å². The van der Waals surface area contributed by atoms with Gasteiger partial charge >= 0.3 is 12.5 Å². The molecule has 2 aromatic rings. The molecule has 0 saturated carbocycles. The first-order valence-corrected chi connectivity index (χ1v) is 6.88. The van der Waals surface area contributed by atoms with E-state index in [1.807, 2.05) is 0 Å². The predicted molar refractivity (Wildman–Crippen MR) is 80.3 cm³/mol. The molecule has 0 bridgehead atoms. The van der Waals surface area contributed by atoms with Gasteiger partial charge in [-0.2, -0.15) is 13.9 Å². The normalized spacial score (nSPS) is 12.4. The molecule has 1 unspecified atom stereocenters. The van der Waals surface area contributed by atoms with Crippen LogP contribution in [-0.2, 0) is 4.79 Å². The molecule has 1 heterocycles. The van der Waals surface area contributed by atoms with Crippen molar-refractivity contribution >= 4 is 17.6 Å². The fourth-order valence-electron chi connectivity index (χ4n) is 2.08. The molecule has 1 aromatic heterocycles. The third-order valence-corrected chi connectivity index (χ3v) is 3.46. The van der Waals surface area contributed by atoms with Crippen molar-refractivity contribution in [2.24, 2.45) is 0 Å². The number of benzene rings is 1. The number of hydrogen-bond acceptors (Lipinski definition) is 3. The first-order chi connectivity index (χ1) is 10.8. The van der Waals surface area contributed by atoms with E-state index in [9.17, 15) is 18.7 Å². The number of aliphatic carboxylic acids is 1. The summed E-state index contributed by atoms with van der Waals surface area (Å²) in [5, 5.41) is 23.0. The molecular formula is C15H13ClF2N2O3. The fraction of sp³-hybridized carbons (Fsp3) is 0.200. The summed E-state index contributed by atoms with van der Waals surface area (Å²) in [4.78, 5) is 10.8. The number of carboxylic acid groups (broad SMARTS) is 1. The van der Waals surface area contributed by atoms with Crippen molar-refractivity contribution in [2.45, 2.75) is 19.1 Å². The van der Waals surface area contributed by atoms with Gasteiger partial charge in [0.1, 0.15) is 0 Å². The second-order valence-corrected chi connectivity index (χ2v) is 5.28. The molecule has 122 valence electrons. The van der Waals surface area contributed by atoms with Crippen molar-refractivity contribution in [1.82, 2.24) is 9.78 Å². The lowest BCUT2D eigenvalue weighted by molar-refractivity contribution is -0.133. The third kappa shape index (κ3) is 3.94. The number of carbonyl (C=O) groups is 1. The highest BCUT2D eigenvalue weighted by molar-refractivity contribution is 6.30. The molecule has 2 rings (SSSR count). The van der Waals surface area contributed by atoms with E-state index in [2.05, 4.69) is 11.7 Å². The molecule has 0 radical (unpaired) electrons. The van der Waals surface area contributed by atoms with E-state index in [1.165, 1.54) is 24.4 Å². The number of carboxylic acids is 1. The van der Waals surface area contributed by atoms with Crippen molar-refractivity contribution in [2.75, 3.05) is 0 Å². The zero-order valence-electron chi connectivity index (χ0n) is 11.8. The van der Waals surface area contributed by atoms with Crippen LogP contribution in [0.4, 0.5) is 8.78 Å². The van der Waals surface area contributed by atoms with E-state index in [0.717, 1.165) is 6.20 Å². The first-order valence-electron chi connectivity index (χ1n) is 6.51. The van der Waals surface area contributed by atoms with Crippen LogP contribution in [0.1, 0.15) is 24.6 Å². The quantitative estimate of drug-likeness (QED) is 0.785. The Morgan fingerprint density at radius 1 is 1.43 bits per heavy atom. The second kappa shape index (κ2) is 6.89. The average Bonchev–Trinajstić information content (AvgIpc) is 2.96. The third-order valence-electron chi connectivity index (χ3n) is 3.23. The summed E-state index contributed by atoms with van der Waals surface area (Å²) < 4.78 is 25.8. The Kier molecular flexibility index (Phi) is 5.12. The number of halogens is 3. The summed E-state index contributed by atoms with van der Waals surface area (Å²) in [6, 6.07) is 4.53. The van der Waals surface area contributed by atoms with Gasteiger partial charge in [0.05, 0.1) is 12.3 Å². The minimum Gasteiger partial charge on any atom is -0.478 e. The molecule has 0 aliphatic carbocycles. The zero-order valence-corrected chi connectivity index (χ0v) is 12.5. The van der Waals surface area contributed by atoms with Crippen LogP contribution in [0.15, 0.2) is 42.7 Å². The largest absolute Gasteiger partial charge is 0.478 e. The highest BCUT2D eigenvalue weighted by atomic mass is 35.5. The van der Waals surface area contributed by atoms with Crippen LogP contribution in [0, 0.1) is 0 Å². The van der Waals surface area contributed by atoms with Crippen LogP contribution in [0.25, 0.3) is 11.1 Å². The maximum Gasteiger partial charge on any atom is 0.333 e. The smallest absolute Gasteiger partial charge is 0.333 e. The van der Waals surface area contributed by atoms with E-state index in [4.69, 9.17) is 16.7 Å². The van der Waals surface area contributed by atoms with Crippen LogP contribution in [-0.4, -0.2) is 26.0 Å². The van der Waals surface area contributed by atoms with Gasteiger partial charge in [-0.25, -0.2) is 9.48 Å².